The fraction of sp³-hybridized carbons (Fsp3) is 1.00. The van der Waals surface area contributed by atoms with Crippen LogP contribution in [0.1, 0.15) is 0 Å². The Hall–Kier alpha value is 1.08. The normalized spacial score (nSPS) is 15.6. The van der Waals surface area contributed by atoms with Gasteiger partial charge in [-0.3, -0.25) is 0 Å². The van der Waals surface area contributed by atoms with Crippen LogP contribution in [-0.2, 0) is 0 Å². The van der Waals surface area contributed by atoms with Crippen molar-refractivity contribution in [2.24, 2.45) is 0 Å². The third-order valence-corrected chi connectivity index (χ3v) is 101. The molecule has 0 spiro atoms. The minimum absolute atomic E-state index is 0.930. The minimum Gasteiger partial charge on any atom is -0.0760 e. The first-order valence-corrected chi connectivity index (χ1v) is 24.0. The van der Waals surface area contributed by atoms with E-state index in [1.807, 2.05) is 0 Å². The van der Waals surface area contributed by atoms with Gasteiger partial charge in [0.05, 0.1) is 0 Å². The molecule has 2 radical (unpaired) electrons. The molecule has 0 heterocycles. The zero-order valence-corrected chi connectivity index (χ0v) is 17.5. The van der Waals surface area contributed by atoms with Gasteiger partial charge in [-0.15, -0.1) is 0 Å². The summed E-state index contributed by atoms with van der Waals surface area (Å²) in [4.78, 5) is 0. The standard InChI is InChI=1S/C10H30Si5/c1-11-15(12(2,3)4,13(5,6)7)14(8,9)10/h1-10H3. The van der Waals surface area contributed by atoms with Crippen molar-refractivity contribution in [3.05, 3.63) is 0 Å². The van der Waals surface area contributed by atoms with Gasteiger partial charge in [-0.05, 0) is 0 Å². The molecule has 0 aromatic carbocycles. The second kappa shape index (κ2) is 4.40. The van der Waals surface area contributed by atoms with Crippen molar-refractivity contribution in [2.45, 2.75) is 65.5 Å². The van der Waals surface area contributed by atoms with Crippen LogP contribution in [0.15, 0.2) is 0 Å². The SMILES string of the molecule is C[Si][Si]([Si](C)(C)C)([Si](C)(C)C)[Si](C)(C)C. The molecule has 0 aliphatic rings. The molecule has 0 saturated carbocycles. The number of hydrogen-bond donors (Lipinski definition) is 0. The van der Waals surface area contributed by atoms with Crippen molar-refractivity contribution in [1.29, 1.82) is 0 Å². The van der Waals surface area contributed by atoms with Crippen molar-refractivity contribution in [3.8, 4) is 0 Å². The highest BCUT2D eigenvalue weighted by atomic mass is 30.2. The molecule has 0 aromatic heterocycles. The van der Waals surface area contributed by atoms with Gasteiger partial charge in [0, 0.05) is 38.0 Å². The highest BCUT2D eigenvalue weighted by Crippen LogP contribution is 2.35. The lowest BCUT2D eigenvalue weighted by Gasteiger charge is -2.57. The Morgan fingerprint density at radius 2 is 0.733 bits per heavy atom. The van der Waals surface area contributed by atoms with E-state index >= 15 is 0 Å². The minimum atomic E-state index is -0.933. The molecule has 0 saturated heterocycles. The Balaban J connectivity index is 5.78. The molecule has 15 heavy (non-hydrogen) atoms. The van der Waals surface area contributed by atoms with Crippen molar-refractivity contribution in [2.75, 3.05) is 0 Å². The lowest BCUT2D eigenvalue weighted by molar-refractivity contribution is 1.76. The Kier molecular flexibility index (Phi) is 4.72. The summed E-state index contributed by atoms with van der Waals surface area (Å²) in [5.74, 6) is 0. The average molecular weight is 291 g/mol. The predicted molar refractivity (Wildman–Crippen MR) is 87.4 cm³/mol. The molecule has 0 bridgehead atoms. The first-order chi connectivity index (χ1) is 6.31. The Morgan fingerprint density at radius 3 is 0.733 bits per heavy atom. The molecule has 0 aromatic rings. The molecule has 0 aliphatic carbocycles. The fourth-order valence-corrected chi connectivity index (χ4v) is 122. The number of hydrogen-bond acceptors (Lipinski definition) is 0. The van der Waals surface area contributed by atoms with Crippen LogP contribution in [-0.4, -0.2) is 38.0 Å². The molecule has 90 valence electrons. The quantitative estimate of drug-likeness (QED) is 0.688. The lowest BCUT2D eigenvalue weighted by Crippen LogP contribution is -2.85. The second-order valence-electron chi connectivity index (χ2n) is 7.75. The molecule has 0 fully saturated rings. The van der Waals surface area contributed by atoms with Crippen molar-refractivity contribution in [3.63, 3.8) is 0 Å². The molecular weight excluding hydrogens is 261 g/mol. The molecule has 0 N–H and O–H groups in total. The first-order valence-electron chi connectivity index (χ1n) is 6.00. The van der Waals surface area contributed by atoms with E-state index in [0.29, 0.717) is 0 Å². The maximum Gasteiger partial charge on any atom is 0.0308 e. The largest absolute Gasteiger partial charge is 0.0760 e. The van der Waals surface area contributed by atoms with Crippen LogP contribution in [0.25, 0.3) is 0 Å². The van der Waals surface area contributed by atoms with E-state index in [1.54, 1.807) is 0 Å². The summed E-state index contributed by atoms with van der Waals surface area (Å²) < 4.78 is 0. The molecule has 0 unspecified atom stereocenters. The van der Waals surface area contributed by atoms with Crippen LogP contribution in [0.3, 0.4) is 0 Å². The highest BCUT2D eigenvalue weighted by Gasteiger charge is 2.59. The summed E-state index contributed by atoms with van der Waals surface area (Å²) >= 11 is 0. The molecule has 0 amide bonds. The molecule has 0 atom stereocenters. The van der Waals surface area contributed by atoms with Gasteiger partial charge in [-0.25, -0.2) is 0 Å². The Labute approximate surface area is 103 Å². The molecule has 0 aliphatic heterocycles. The van der Waals surface area contributed by atoms with Gasteiger partial charge < -0.3 is 0 Å². The van der Waals surface area contributed by atoms with E-state index in [4.69, 9.17) is 0 Å². The fourth-order valence-electron chi connectivity index (χ4n) is 4.50. The smallest absolute Gasteiger partial charge is 0.0308 e. The molecule has 0 rings (SSSR count). The topological polar surface area (TPSA) is 0 Å². The van der Waals surface area contributed by atoms with E-state index in [9.17, 15) is 0 Å². The van der Waals surface area contributed by atoms with Crippen LogP contribution in [0.4, 0.5) is 0 Å². The third-order valence-electron chi connectivity index (χ3n) is 3.75. The summed E-state index contributed by atoms with van der Waals surface area (Å²) in [6, 6.07) is 0. The van der Waals surface area contributed by atoms with Crippen LogP contribution in [0.2, 0.25) is 65.5 Å². The summed E-state index contributed by atoms with van der Waals surface area (Å²) in [6.07, 6.45) is -0.930. The van der Waals surface area contributed by atoms with E-state index in [1.165, 1.54) is 9.04 Å². The lowest BCUT2D eigenvalue weighted by atomic mass is 11.8. The maximum atomic E-state index is 2.67. The second-order valence-corrected chi connectivity index (χ2v) is 56.2. The zero-order chi connectivity index (χ0) is 12.7. The van der Waals surface area contributed by atoms with Gasteiger partial charge in [-0.2, -0.15) is 0 Å². The summed E-state index contributed by atoms with van der Waals surface area (Å²) in [7, 11) is -1.50. The average Bonchev–Trinajstić information content (AvgIpc) is 1.76. The number of rotatable bonds is 4. The maximum absolute atomic E-state index is 2.67. The highest BCUT2D eigenvalue weighted by molar-refractivity contribution is 8.01. The van der Waals surface area contributed by atoms with Crippen molar-refractivity contribution < 1.29 is 0 Å². The monoisotopic (exact) mass is 290 g/mol. The van der Waals surface area contributed by atoms with E-state index < -0.39 is 28.9 Å². The molecule has 0 nitrogen and oxygen atoms in total. The Morgan fingerprint density at radius 1 is 0.533 bits per heavy atom. The van der Waals surface area contributed by atoms with Crippen molar-refractivity contribution >= 4 is 38.0 Å². The zero-order valence-electron chi connectivity index (χ0n) is 12.5. The van der Waals surface area contributed by atoms with Crippen LogP contribution < -0.4 is 0 Å². The van der Waals surface area contributed by atoms with Gasteiger partial charge in [0.2, 0.25) is 0 Å². The van der Waals surface area contributed by atoms with E-state index in [2.05, 4.69) is 65.5 Å². The van der Waals surface area contributed by atoms with E-state index in [-0.39, 0.29) is 0 Å². The van der Waals surface area contributed by atoms with Crippen molar-refractivity contribution in [1.82, 2.24) is 0 Å². The first kappa shape index (κ1) is 16.1. The van der Waals surface area contributed by atoms with Gasteiger partial charge >= 0.3 is 0 Å². The van der Waals surface area contributed by atoms with Gasteiger partial charge in [-0.1, -0.05) is 65.5 Å². The van der Waals surface area contributed by atoms with Crippen LogP contribution in [0.5, 0.6) is 0 Å². The van der Waals surface area contributed by atoms with Gasteiger partial charge in [0.1, 0.15) is 0 Å². The van der Waals surface area contributed by atoms with E-state index in [0.717, 1.165) is 0 Å². The van der Waals surface area contributed by atoms with Gasteiger partial charge in [0.15, 0.2) is 0 Å². The molecular formula is C10H30Si5. The summed E-state index contributed by atoms with van der Waals surface area (Å²) in [5, 5.41) is 0. The predicted octanol–water partition coefficient (Wildman–Crippen LogP) is 3.93. The third kappa shape index (κ3) is 2.67. The summed E-state index contributed by atoms with van der Waals surface area (Å²) in [6.45, 7) is 26.6. The summed E-state index contributed by atoms with van der Waals surface area (Å²) in [5.41, 5.74) is 0. The Bertz CT molecular complexity index is 179. The van der Waals surface area contributed by atoms with Crippen LogP contribution in [0, 0.1) is 0 Å². The van der Waals surface area contributed by atoms with Gasteiger partial charge in [0.25, 0.3) is 0 Å². The molecule has 5 heteroatoms. The van der Waals surface area contributed by atoms with Crippen LogP contribution >= 0.6 is 0 Å².